The predicted molar refractivity (Wildman–Crippen MR) is 54.0 cm³/mol. The highest BCUT2D eigenvalue weighted by molar-refractivity contribution is 5.80. The monoisotopic (exact) mass is 212 g/mol. The second kappa shape index (κ2) is 4.88. The molecule has 2 unspecified atom stereocenters. The number of amides is 1. The molecule has 1 aromatic rings. The largest absolute Gasteiger partial charge is 0.372 e. The summed E-state index contributed by atoms with van der Waals surface area (Å²) in [6.07, 6.45) is 1.14. The molecule has 1 N–H and O–H groups in total. The molecule has 6 heteroatoms. The fraction of sp³-hybridized carbons (Fsp3) is 0.667. The number of carbonyl (C=O) groups excluding carboxylic acids is 1. The first kappa shape index (κ1) is 11.6. The lowest BCUT2D eigenvalue weighted by Crippen LogP contribution is -2.36. The molecule has 2 atom stereocenters. The summed E-state index contributed by atoms with van der Waals surface area (Å²) in [7, 11) is 3.33. The lowest BCUT2D eigenvalue weighted by molar-refractivity contribution is -0.130. The Morgan fingerprint density at radius 3 is 2.73 bits per heavy atom. The van der Waals surface area contributed by atoms with Gasteiger partial charge in [0.25, 0.3) is 0 Å². The Labute approximate surface area is 88.6 Å². The van der Waals surface area contributed by atoms with Gasteiger partial charge in [0.1, 0.15) is 12.4 Å². The maximum absolute atomic E-state index is 11.5. The van der Waals surface area contributed by atoms with Crippen LogP contribution in [-0.4, -0.2) is 33.9 Å². The average molecular weight is 212 g/mol. The SMILES string of the molecule is COC(C)C(=O)NC(C)c1nncn1C. The zero-order valence-electron chi connectivity index (χ0n) is 9.39. The minimum absolute atomic E-state index is 0.159. The number of rotatable bonds is 4. The van der Waals surface area contributed by atoms with Gasteiger partial charge in [0.15, 0.2) is 5.82 Å². The molecule has 0 aliphatic carbocycles. The maximum Gasteiger partial charge on any atom is 0.249 e. The molecule has 1 heterocycles. The van der Waals surface area contributed by atoms with Crippen LogP contribution in [0.3, 0.4) is 0 Å². The van der Waals surface area contributed by atoms with E-state index in [1.165, 1.54) is 7.11 Å². The molecule has 0 aliphatic heterocycles. The van der Waals surface area contributed by atoms with Crippen LogP contribution in [0.2, 0.25) is 0 Å². The van der Waals surface area contributed by atoms with Crippen molar-refractivity contribution >= 4 is 5.91 Å². The molecule has 0 saturated carbocycles. The Hall–Kier alpha value is -1.43. The van der Waals surface area contributed by atoms with Gasteiger partial charge in [-0.1, -0.05) is 0 Å². The molecule has 0 fully saturated rings. The van der Waals surface area contributed by atoms with Crippen LogP contribution < -0.4 is 5.32 Å². The Morgan fingerprint density at radius 2 is 2.27 bits per heavy atom. The molecule has 0 saturated heterocycles. The number of carbonyl (C=O) groups is 1. The predicted octanol–water partition coefficient (Wildman–Crippen LogP) is 0.0272. The Kier molecular flexibility index (Phi) is 3.79. The first-order chi connectivity index (χ1) is 7.06. The van der Waals surface area contributed by atoms with Crippen molar-refractivity contribution in [3.8, 4) is 0 Å². The van der Waals surface area contributed by atoms with Crippen LogP contribution in [0.4, 0.5) is 0 Å². The van der Waals surface area contributed by atoms with E-state index < -0.39 is 6.10 Å². The minimum Gasteiger partial charge on any atom is -0.372 e. The number of aryl methyl sites for hydroxylation is 1. The van der Waals surface area contributed by atoms with Gasteiger partial charge in [-0.25, -0.2) is 0 Å². The summed E-state index contributed by atoms with van der Waals surface area (Å²) in [4.78, 5) is 11.5. The van der Waals surface area contributed by atoms with E-state index in [1.54, 1.807) is 17.8 Å². The summed E-state index contributed by atoms with van der Waals surface area (Å²) in [6.45, 7) is 3.54. The van der Waals surface area contributed by atoms with Crippen molar-refractivity contribution in [3.05, 3.63) is 12.2 Å². The van der Waals surface area contributed by atoms with Crippen LogP contribution in [0.5, 0.6) is 0 Å². The van der Waals surface area contributed by atoms with Crippen LogP contribution in [0.1, 0.15) is 25.7 Å². The highest BCUT2D eigenvalue weighted by atomic mass is 16.5. The number of nitrogens with one attached hydrogen (secondary N) is 1. The van der Waals surface area contributed by atoms with Crippen LogP contribution in [0, 0.1) is 0 Å². The molecule has 0 bridgehead atoms. The quantitative estimate of drug-likeness (QED) is 0.764. The topological polar surface area (TPSA) is 69.0 Å². The molecule has 0 aliphatic rings. The van der Waals surface area contributed by atoms with E-state index in [-0.39, 0.29) is 11.9 Å². The van der Waals surface area contributed by atoms with Crippen molar-refractivity contribution < 1.29 is 9.53 Å². The number of ether oxygens (including phenoxy) is 1. The molecule has 0 radical (unpaired) electrons. The third-order valence-corrected chi connectivity index (χ3v) is 2.22. The van der Waals surface area contributed by atoms with E-state index in [9.17, 15) is 4.79 Å². The summed E-state index contributed by atoms with van der Waals surface area (Å²) in [6, 6.07) is -0.178. The zero-order chi connectivity index (χ0) is 11.4. The molecule has 0 aromatic carbocycles. The lowest BCUT2D eigenvalue weighted by atomic mass is 10.3. The van der Waals surface area contributed by atoms with Gasteiger partial charge < -0.3 is 14.6 Å². The molecule has 1 amide bonds. The Bertz CT molecular complexity index is 337. The molecule has 1 rings (SSSR count). The van der Waals surface area contributed by atoms with Gasteiger partial charge in [0.05, 0.1) is 6.04 Å². The molecule has 15 heavy (non-hydrogen) atoms. The van der Waals surface area contributed by atoms with Gasteiger partial charge in [0.2, 0.25) is 5.91 Å². The van der Waals surface area contributed by atoms with E-state index in [2.05, 4.69) is 15.5 Å². The lowest BCUT2D eigenvalue weighted by Gasteiger charge is -2.15. The molecule has 6 nitrogen and oxygen atoms in total. The highest BCUT2D eigenvalue weighted by Crippen LogP contribution is 2.07. The van der Waals surface area contributed by atoms with Crippen LogP contribution in [0.15, 0.2) is 6.33 Å². The zero-order valence-corrected chi connectivity index (χ0v) is 9.39. The van der Waals surface area contributed by atoms with E-state index >= 15 is 0 Å². The van der Waals surface area contributed by atoms with E-state index in [1.807, 2.05) is 14.0 Å². The number of hydrogen-bond acceptors (Lipinski definition) is 4. The van der Waals surface area contributed by atoms with Crippen molar-refractivity contribution in [1.29, 1.82) is 0 Å². The molecule has 0 spiro atoms. The average Bonchev–Trinajstić information content (AvgIpc) is 2.63. The van der Waals surface area contributed by atoms with Crippen molar-refractivity contribution in [1.82, 2.24) is 20.1 Å². The van der Waals surface area contributed by atoms with E-state index in [0.717, 1.165) is 0 Å². The first-order valence-electron chi connectivity index (χ1n) is 4.73. The standard InChI is InChI=1S/C9H16N4O2/c1-6(8-12-10-5-13(8)3)11-9(14)7(2)15-4/h5-7H,1-4H3,(H,11,14). The van der Waals surface area contributed by atoms with Gasteiger partial charge >= 0.3 is 0 Å². The van der Waals surface area contributed by atoms with Crippen LogP contribution >= 0.6 is 0 Å². The van der Waals surface area contributed by atoms with Gasteiger partial charge in [0, 0.05) is 14.2 Å². The number of hydrogen-bond donors (Lipinski definition) is 1. The first-order valence-corrected chi connectivity index (χ1v) is 4.73. The summed E-state index contributed by atoms with van der Waals surface area (Å²) >= 11 is 0. The summed E-state index contributed by atoms with van der Waals surface area (Å²) in [5.74, 6) is 0.555. The fourth-order valence-electron chi connectivity index (χ4n) is 1.19. The summed E-state index contributed by atoms with van der Waals surface area (Å²) in [5.41, 5.74) is 0. The van der Waals surface area contributed by atoms with Crippen molar-refractivity contribution in [2.24, 2.45) is 7.05 Å². The van der Waals surface area contributed by atoms with Crippen molar-refractivity contribution in [2.75, 3.05) is 7.11 Å². The molecule has 84 valence electrons. The second-order valence-corrected chi connectivity index (χ2v) is 3.41. The van der Waals surface area contributed by atoms with Crippen LogP contribution in [-0.2, 0) is 16.6 Å². The second-order valence-electron chi connectivity index (χ2n) is 3.41. The smallest absolute Gasteiger partial charge is 0.249 e. The van der Waals surface area contributed by atoms with Gasteiger partial charge in [-0.15, -0.1) is 10.2 Å². The Balaban J connectivity index is 2.60. The molecule has 1 aromatic heterocycles. The minimum atomic E-state index is -0.458. The van der Waals surface area contributed by atoms with Crippen LogP contribution in [0.25, 0.3) is 0 Å². The Morgan fingerprint density at radius 1 is 1.60 bits per heavy atom. The summed E-state index contributed by atoms with van der Waals surface area (Å²) in [5, 5.41) is 10.4. The normalized spacial score (nSPS) is 14.7. The van der Waals surface area contributed by atoms with Crippen molar-refractivity contribution in [2.45, 2.75) is 26.0 Å². The number of aromatic nitrogens is 3. The number of nitrogens with zero attached hydrogens (tertiary/aromatic N) is 3. The third kappa shape index (κ3) is 2.76. The van der Waals surface area contributed by atoms with Gasteiger partial charge in [-0.3, -0.25) is 4.79 Å². The van der Waals surface area contributed by atoms with Gasteiger partial charge in [-0.2, -0.15) is 0 Å². The maximum atomic E-state index is 11.5. The fourth-order valence-corrected chi connectivity index (χ4v) is 1.19. The third-order valence-electron chi connectivity index (χ3n) is 2.22. The van der Waals surface area contributed by atoms with E-state index in [4.69, 9.17) is 4.74 Å². The molecular weight excluding hydrogens is 196 g/mol. The number of methoxy groups -OCH3 is 1. The van der Waals surface area contributed by atoms with E-state index in [0.29, 0.717) is 5.82 Å². The molecular formula is C9H16N4O2. The highest BCUT2D eigenvalue weighted by Gasteiger charge is 2.17. The van der Waals surface area contributed by atoms with Crippen molar-refractivity contribution in [3.63, 3.8) is 0 Å². The summed E-state index contributed by atoms with van der Waals surface area (Å²) < 4.78 is 6.67. The van der Waals surface area contributed by atoms with Gasteiger partial charge in [-0.05, 0) is 13.8 Å².